The zero-order valence-corrected chi connectivity index (χ0v) is 17.6. The standard InChI is InChI=1S/C20H41O5P/c1-2-3-4-5-6-7-8-9-10-11-12-13-14-15-16-17-18-24-19-20-25-26(21,22)23/h9-10H,2-8,11-20H2,1H3,(H2,21,22,23)/b10-9-. The van der Waals surface area contributed by atoms with Crippen molar-refractivity contribution >= 4 is 7.82 Å². The first kappa shape index (κ1) is 25.8. The summed E-state index contributed by atoms with van der Waals surface area (Å²) in [5.74, 6) is 0. The maximum absolute atomic E-state index is 10.4. The first-order valence-electron chi connectivity index (χ1n) is 10.5. The molecule has 0 unspecified atom stereocenters. The van der Waals surface area contributed by atoms with E-state index in [9.17, 15) is 4.57 Å². The van der Waals surface area contributed by atoms with Gasteiger partial charge in [0, 0.05) is 6.61 Å². The number of hydrogen-bond donors (Lipinski definition) is 2. The van der Waals surface area contributed by atoms with Gasteiger partial charge in [-0.2, -0.15) is 0 Å². The van der Waals surface area contributed by atoms with Gasteiger partial charge in [-0.25, -0.2) is 4.57 Å². The Kier molecular flexibility index (Phi) is 19.4. The fourth-order valence-corrected chi connectivity index (χ4v) is 3.08. The van der Waals surface area contributed by atoms with Gasteiger partial charge in [0.2, 0.25) is 0 Å². The minimum absolute atomic E-state index is 0.0589. The highest BCUT2D eigenvalue weighted by atomic mass is 31.2. The van der Waals surface area contributed by atoms with Gasteiger partial charge in [0.1, 0.15) is 0 Å². The van der Waals surface area contributed by atoms with Gasteiger partial charge in [-0.15, -0.1) is 0 Å². The average molecular weight is 393 g/mol. The Morgan fingerprint density at radius 3 is 1.73 bits per heavy atom. The van der Waals surface area contributed by atoms with Crippen molar-refractivity contribution in [2.45, 2.75) is 96.8 Å². The van der Waals surface area contributed by atoms with Crippen molar-refractivity contribution in [1.82, 2.24) is 0 Å². The van der Waals surface area contributed by atoms with E-state index in [4.69, 9.17) is 14.5 Å². The molecule has 156 valence electrons. The Bertz CT molecular complexity index is 354. The third-order valence-corrected chi connectivity index (χ3v) is 4.81. The summed E-state index contributed by atoms with van der Waals surface area (Å²) in [5.41, 5.74) is 0. The van der Waals surface area contributed by atoms with E-state index in [1.807, 2.05) is 0 Å². The lowest BCUT2D eigenvalue weighted by atomic mass is 10.1. The van der Waals surface area contributed by atoms with Crippen LogP contribution < -0.4 is 0 Å². The van der Waals surface area contributed by atoms with E-state index in [-0.39, 0.29) is 13.2 Å². The Hall–Kier alpha value is -0.190. The minimum Gasteiger partial charge on any atom is -0.379 e. The second kappa shape index (κ2) is 19.6. The summed E-state index contributed by atoms with van der Waals surface area (Å²) in [5, 5.41) is 0. The van der Waals surface area contributed by atoms with Crippen LogP contribution in [-0.4, -0.2) is 29.6 Å². The molecule has 0 amide bonds. The van der Waals surface area contributed by atoms with Gasteiger partial charge in [-0.05, 0) is 32.1 Å². The highest BCUT2D eigenvalue weighted by Gasteiger charge is 2.12. The second-order valence-corrected chi connectivity index (χ2v) is 8.11. The molecule has 0 bridgehead atoms. The summed E-state index contributed by atoms with van der Waals surface area (Å²) < 4.78 is 20.0. The Balaban J connectivity index is 3.11. The second-order valence-electron chi connectivity index (χ2n) is 6.87. The van der Waals surface area contributed by atoms with E-state index in [2.05, 4.69) is 23.6 Å². The third-order valence-electron chi connectivity index (χ3n) is 4.29. The summed E-state index contributed by atoms with van der Waals surface area (Å²) in [6.07, 6.45) is 22.6. The van der Waals surface area contributed by atoms with Gasteiger partial charge in [0.05, 0.1) is 13.2 Å². The molecular weight excluding hydrogens is 351 g/mol. The molecule has 6 heteroatoms. The van der Waals surface area contributed by atoms with Crippen LogP contribution in [0.25, 0.3) is 0 Å². The molecule has 5 nitrogen and oxygen atoms in total. The van der Waals surface area contributed by atoms with Crippen LogP contribution in [0, 0.1) is 0 Å². The van der Waals surface area contributed by atoms with E-state index in [1.54, 1.807) is 0 Å². The molecule has 0 radical (unpaired) electrons. The van der Waals surface area contributed by atoms with Crippen molar-refractivity contribution in [3.05, 3.63) is 12.2 Å². The summed E-state index contributed by atoms with van der Waals surface area (Å²) in [7, 11) is -4.34. The van der Waals surface area contributed by atoms with Gasteiger partial charge < -0.3 is 14.5 Å². The lowest BCUT2D eigenvalue weighted by molar-refractivity contribution is 0.0831. The summed E-state index contributed by atoms with van der Waals surface area (Å²) in [4.78, 5) is 17.0. The zero-order valence-electron chi connectivity index (χ0n) is 16.7. The van der Waals surface area contributed by atoms with Crippen molar-refractivity contribution in [3.63, 3.8) is 0 Å². The monoisotopic (exact) mass is 392 g/mol. The van der Waals surface area contributed by atoms with Crippen LogP contribution >= 0.6 is 7.82 Å². The minimum atomic E-state index is -4.34. The predicted molar refractivity (Wildman–Crippen MR) is 108 cm³/mol. The molecule has 0 aliphatic rings. The van der Waals surface area contributed by atoms with E-state index in [0.29, 0.717) is 6.61 Å². The summed E-state index contributed by atoms with van der Waals surface area (Å²) in [6.45, 7) is 3.06. The van der Waals surface area contributed by atoms with Gasteiger partial charge in [0.15, 0.2) is 0 Å². The fraction of sp³-hybridized carbons (Fsp3) is 0.900. The van der Waals surface area contributed by atoms with Crippen molar-refractivity contribution in [3.8, 4) is 0 Å². The quantitative estimate of drug-likeness (QED) is 0.148. The highest BCUT2D eigenvalue weighted by Crippen LogP contribution is 2.35. The molecule has 0 heterocycles. The number of ether oxygens (including phenoxy) is 1. The zero-order chi connectivity index (χ0) is 19.3. The molecule has 0 fully saturated rings. The summed E-state index contributed by atoms with van der Waals surface area (Å²) >= 11 is 0. The van der Waals surface area contributed by atoms with E-state index >= 15 is 0 Å². The van der Waals surface area contributed by atoms with Gasteiger partial charge >= 0.3 is 7.82 Å². The molecule has 2 N–H and O–H groups in total. The van der Waals surface area contributed by atoms with Crippen LogP contribution in [0.2, 0.25) is 0 Å². The fourth-order valence-electron chi connectivity index (χ4n) is 2.77. The Morgan fingerprint density at radius 2 is 1.19 bits per heavy atom. The SMILES string of the molecule is CCCCCCCC/C=C\CCCCCCCCOCCOP(=O)(O)O. The van der Waals surface area contributed by atoms with Crippen LogP contribution in [0.5, 0.6) is 0 Å². The van der Waals surface area contributed by atoms with E-state index < -0.39 is 7.82 Å². The molecule has 0 atom stereocenters. The first-order chi connectivity index (χ1) is 12.6. The molecule has 0 aliphatic carbocycles. The van der Waals surface area contributed by atoms with Crippen LogP contribution in [0.3, 0.4) is 0 Å². The number of rotatable bonds is 20. The van der Waals surface area contributed by atoms with Crippen LogP contribution in [0.15, 0.2) is 12.2 Å². The largest absolute Gasteiger partial charge is 0.469 e. The van der Waals surface area contributed by atoms with Crippen molar-refractivity contribution in [2.24, 2.45) is 0 Å². The van der Waals surface area contributed by atoms with Crippen molar-refractivity contribution in [2.75, 3.05) is 19.8 Å². The normalized spacial score (nSPS) is 12.3. The number of unbranched alkanes of at least 4 members (excludes halogenated alkanes) is 12. The maximum atomic E-state index is 10.4. The van der Waals surface area contributed by atoms with Gasteiger partial charge in [-0.3, -0.25) is 4.52 Å². The third kappa shape index (κ3) is 23.8. The lowest BCUT2D eigenvalue weighted by Crippen LogP contribution is -2.04. The molecule has 0 rings (SSSR count). The molecule has 0 saturated heterocycles. The smallest absolute Gasteiger partial charge is 0.379 e. The Labute approximate surface area is 160 Å². The molecule has 0 aromatic rings. The molecule has 0 aromatic carbocycles. The molecule has 26 heavy (non-hydrogen) atoms. The summed E-state index contributed by atoms with van der Waals surface area (Å²) in [6, 6.07) is 0. The molecule has 0 saturated carbocycles. The van der Waals surface area contributed by atoms with Crippen LogP contribution in [0.4, 0.5) is 0 Å². The Morgan fingerprint density at radius 1 is 0.692 bits per heavy atom. The maximum Gasteiger partial charge on any atom is 0.469 e. The van der Waals surface area contributed by atoms with Crippen LogP contribution in [0.1, 0.15) is 96.8 Å². The molecule has 0 aromatic heterocycles. The topological polar surface area (TPSA) is 76.0 Å². The molecule has 0 aliphatic heterocycles. The van der Waals surface area contributed by atoms with Crippen LogP contribution in [-0.2, 0) is 13.8 Å². The molecular formula is C20H41O5P. The van der Waals surface area contributed by atoms with Gasteiger partial charge in [0.25, 0.3) is 0 Å². The first-order valence-corrected chi connectivity index (χ1v) is 12.0. The van der Waals surface area contributed by atoms with E-state index in [0.717, 1.165) is 12.8 Å². The molecule has 0 spiro atoms. The average Bonchev–Trinajstić information content (AvgIpc) is 2.59. The lowest BCUT2D eigenvalue weighted by Gasteiger charge is -2.06. The number of phosphoric acid groups is 1. The van der Waals surface area contributed by atoms with Crippen molar-refractivity contribution in [1.29, 1.82) is 0 Å². The van der Waals surface area contributed by atoms with Gasteiger partial charge in [-0.1, -0.05) is 76.9 Å². The van der Waals surface area contributed by atoms with E-state index in [1.165, 1.54) is 77.0 Å². The number of phosphoric ester groups is 1. The predicted octanol–water partition coefficient (Wildman–Crippen LogP) is 6.15. The highest BCUT2D eigenvalue weighted by molar-refractivity contribution is 7.46. The number of hydrogen-bond acceptors (Lipinski definition) is 3. The van der Waals surface area contributed by atoms with Crippen molar-refractivity contribution < 1.29 is 23.6 Å². The number of allylic oxidation sites excluding steroid dienone is 2.